The van der Waals surface area contributed by atoms with Crippen LogP contribution in [0.25, 0.3) is 11.0 Å². The fraction of sp³-hybridized carbons (Fsp3) is 0.200. The average Bonchev–Trinajstić information content (AvgIpc) is 2.72. The fourth-order valence-electron chi connectivity index (χ4n) is 2.18. The molecule has 4 nitrogen and oxygen atoms in total. The van der Waals surface area contributed by atoms with E-state index in [1.165, 1.54) is 0 Å². The second-order valence-electron chi connectivity index (χ2n) is 4.61. The van der Waals surface area contributed by atoms with E-state index < -0.39 is 0 Å². The fourth-order valence-corrected chi connectivity index (χ4v) is 2.90. The minimum Gasteiger partial charge on any atom is -0.487 e. The Hall–Kier alpha value is -1.88. The highest BCUT2D eigenvalue weighted by Gasteiger charge is 2.13. The molecule has 0 saturated heterocycles. The smallest absolute Gasteiger partial charge is 0.144 e. The second kappa shape index (κ2) is 5.25. The van der Waals surface area contributed by atoms with Gasteiger partial charge in [0.25, 0.3) is 0 Å². The van der Waals surface area contributed by atoms with E-state index in [9.17, 15) is 0 Å². The van der Waals surface area contributed by atoms with Crippen molar-refractivity contribution in [3.63, 3.8) is 0 Å². The standard InChI is InChI=1S/C15H14BrN3O/c1-10-17-13(9-20-11-6-4-3-5-7-11)14-12(16)8-19(2)15(14)18-10/h3-8H,9H2,1-2H3. The maximum Gasteiger partial charge on any atom is 0.144 e. The first-order chi connectivity index (χ1) is 9.65. The second-order valence-corrected chi connectivity index (χ2v) is 5.46. The third-order valence-corrected chi connectivity index (χ3v) is 3.68. The van der Waals surface area contributed by atoms with E-state index >= 15 is 0 Å². The Balaban J connectivity index is 1.98. The van der Waals surface area contributed by atoms with E-state index in [0.29, 0.717) is 6.61 Å². The number of rotatable bonds is 3. The molecular formula is C15H14BrN3O. The van der Waals surface area contributed by atoms with Crippen LogP contribution in [-0.2, 0) is 13.7 Å². The van der Waals surface area contributed by atoms with Gasteiger partial charge in [0.05, 0.1) is 11.1 Å². The van der Waals surface area contributed by atoms with E-state index in [1.807, 2.05) is 55.1 Å². The number of ether oxygens (including phenoxy) is 1. The molecule has 0 N–H and O–H groups in total. The summed E-state index contributed by atoms with van der Waals surface area (Å²) < 4.78 is 8.77. The lowest BCUT2D eigenvalue weighted by molar-refractivity contribution is 0.302. The molecule has 0 atom stereocenters. The van der Waals surface area contributed by atoms with Crippen LogP contribution in [0.4, 0.5) is 0 Å². The van der Waals surface area contributed by atoms with Crippen LogP contribution in [0.3, 0.4) is 0 Å². The zero-order valence-corrected chi connectivity index (χ0v) is 12.9. The summed E-state index contributed by atoms with van der Waals surface area (Å²) in [7, 11) is 1.97. The highest BCUT2D eigenvalue weighted by atomic mass is 79.9. The van der Waals surface area contributed by atoms with Gasteiger partial charge in [-0.25, -0.2) is 9.97 Å². The van der Waals surface area contributed by atoms with Crippen molar-refractivity contribution >= 4 is 27.0 Å². The van der Waals surface area contributed by atoms with Gasteiger partial charge in [-0.3, -0.25) is 0 Å². The molecule has 3 rings (SSSR count). The number of aromatic nitrogens is 3. The van der Waals surface area contributed by atoms with Gasteiger partial charge in [-0.05, 0) is 35.0 Å². The number of hydrogen-bond donors (Lipinski definition) is 0. The van der Waals surface area contributed by atoms with E-state index in [-0.39, 0.29) is 0 Å². The first-order valence-corrected chi connectivity index (χ1v) is 7.10. The third kappa shape index (κ3) is 2.41. The van der Waals surface area contributed by atoms with Gasteiger partial charge < -0.3 is 9.30 Å². The number of nitrogens with zero attached hydrogens (tertiary/aromatic N) is 3. The molecule has 0 aliphatic rings. The van der Waals surface area contributed by atoms with Crippen molar-refractivity contribution in [2.45, 2.75) is 13.5 Å². The summed E-state index contributed by atoms with van der Waals surface area (Å²) in [4.78, 5) is 8.99. The first kappa shape index (κ1) is 13.1. The highest BCUT2D eigenvalue weighted by molar-refractivity contribution is 9.10. The van der Waals surface area contributed by atoms with E-state index in [4.69, 9.17) is 4.74 Å². The molecule has 0 aliphatic heterocycles. The molecule has 1 aromatic carbocycles. The predicted molar refractivity (Wildman–Crippen MR) is 81.7 cm³/mol. The molecule has 2 aromatic heterocycles. The molecule has 0 radical (unpaired) electrons. The van der Waals surface area contributed by atoms with Gasteiger partial charge in [0.15, 0.2) is 0 Å². The Morgan fingerprint density at radius 1 is 1.20 bits per heavy atom. The summed E-state index contributed by atoms with van der Waals surface area (Å²) in [6.45, 7) is 2.32. The van der Waals surface area contributed by atoms with Crippen LogP contribution in [0.15, 0.2) is 41.0 Å². The van der Waals surface area contributed by atoms with Crippen LogP contribution in [0, 0.1) is 6.92 Å². The largest absolute Gasteiger partial charge is 0.487 e. The minimum absolute atomic E-state index is 0.423. The summed E-state index contributed by atoms with van der Waals surface area (Å²) in [6.07, 6.45) is 1.99. The highest BCUT2D eigenvalue weighted by Crippen LogP contribution is 2.27. The first-order valence-electron chi connectivity index (χ1n) is 6.31. The molecule has 0 saturated carbocycles. The minimum atomic E-state index is 0.423. The zero-order chi connectivity index (χ0) is 14.1. The molecule has 0 unspecified atom stereocenters. The van der Waals surface area contributed by atoms with Gasteiger partial charge in [0.2, 0.25) is 0 Å². The maximum atomic E-state index is 5.80. The van der Waals surface area contributed by atoms with Crippen molar-refractivity contribution in [1.82, 2.24) is 14.5 Å². The molecule has 0 bridgehead atoms. The quantitative estimate of drug-likeness (QED) is 0.735. The van der Waals surface area contributed by atoms with Crippen molar-refractivity contribution in [3.8, 4) is 5.75 Å². The molecule has 0 fully saturated rings. The SMILES string of the molecule is Cc1nc(COc2ccccc2)c2c(Br)cn(C)c2n1. The van der Waals surface area contributed by atoms with Crippen LogP contribution in [-0.4, -0.2) is 14.5 Å². The Kier molecular flexibility index (Phi) is 3.44. The lowest BCUT2D eigenvalue weighted by Gasteiger charge is -2.08. The van der Waals surface area contributed by atoms with Crippen molar-refractivity contribution in [2.75, 3.05) is 0 Å². The number of aryl methyl sites for hydroxylation is 2. The number of hydrogen-bond acceptors (Lipinski definition) is 3. The van der Waals surface area contributed by atoms with Gasteiger partial charge in [-0.15, -0.1) is 0 Å². The van der Waals surface area contributed by atoms with Crippen molar-refractivity contribution in [3.05, 3.63) is 52.5 Å². The van der Waals surface area contributed by atoms with Gasteiger partial charge in [-0.2, -0.15) is 0 Å². The summed E-state index contributed by atoms with van der Waals surface area (Å²) in [5, 5.41) is 1.01. The lowest BCUT2D eigenvalue weighted by Crippen LogP contribution is -2.03. The Morgan fingerprint density at radius 2 is 1.95 bits per heavy atom. The van der Waals surface area contributed by atoms with Crippen LogP contribution in [0.5, 0.6) is 5.75 Å². The normalized spacial score (nSPS) is 10.9. The molecule has 2 heterocycles. The molecule has 5 heteroatoms. The number of para-hydroxylation sites is 1. The summed E-state index contributed by atoms with van der Waals surface area (Å²) in [5.41, 5.74) is 1.81. The van der Waals surface area contributed by atoms with E-state index in [1.54, 1.807) is 0 Å². The number of fused-ring (bicyclic) bond motifs is 1. The molecular weight excluding hydrogens is 318 g/mol. The summed E-state index contributed by atoms with van der Waals surface area (Å²) in [5.74, 6) is 1.59. The van der Waals surface area contributed by atoms with Gasteiger partial charge in [0.1, 0.15) is 23.8 Å². The van der Waals surface area contributed by atoms with Crippen LogP contribution in [0.2, 0.25) is 0 Å². The summed E-state index contributed by atoms with van der Waals surface area (Å²) in [6, 6.07) is 9.74. The monoisotopic (exact) mass is 331 g/mol. The van der Waals surface area contributed by atoms with E-state index in [2.05, 4.69) is 25.9 Å². The molecule has 102 valence electrons. The molecule has 0 aliphatic carbocycles. The Bertz CT molecular complexity index is 753. The van der Waals surface area contributed by atoms with Crippen molar-refractivity contribution in [1.29, 1.82) is 0 Å². The lowest BCUT2D eigenvalue weighted by atomic mass is 10.3. The average molecular weight is 332 g/mol. The molecule has 0 amide bonds. The Labute approximate surface area is 125 Å². The molecule has 3 aromatic rings. The predicted octanol–water partition coefficient (Wildman–Crippen LogP) is 3.62. The third-order valence-electron chi connectivity index (χ3n) is 3.08. The van der Waals surface area contributed by atoms with Gasteiger partial charge >= 0.3 is 0 Å². The van der Waals surface area contributed by atoms with Crippen molar-refractivity contribution < 1.29 is 4.74 Å². The van der Waals surface area contributed by atoms with Crippen molar-refractivity contribution in [2.24, 2.45) is 7.05 Å². The number of benzene rings is 1. The van der Waals surface area contributed by atoms with E-state index in [0.717, 1.165) is 32.8 Å². The van der Waals surface area contributed by atoms with Crippen LogP contribution < -0.4 is 4.74 Å². The molecule has 20 heavy (non-hydrogen) atoms. The Morgan fingerprint density at radius 3 is 2.70 bits per heavy atom. The van der Waals surface area contributed by atoms with Crippen LogP contribution in [0.1, 0.15) is 11.5 Å². The van der Waals surface area contributed by atoms with Gasteiger partial charge in [-0.1, -0.05) is 18.2 Å². The van der Waals surface area contributed by atoms with Crippen LogP contribution >= 0.6 is 15.9 Å². The number of halogens is 1. The van der Waals surface area contributed by atoms with Gasteiger partial charge in [0, 0.05) is 17.7 Å². The summed E-state index contributed by atoms with van der Waals surface area (Å²) >= 11 is 3.56. The molecule has 0 spiro atoms. The maximum absolute atomic E-state index is 5.80. The zero-order valence-electron chi connectivity index (χ0n) is 11.3. The topological polar surface area (TPSA) is 39.9 Å².